The van der Waals surface area contributed by atoms with Crippen molar-refractivity contribution >= 4 is 28.5 Å². The minimum atomic E-state index is -4.50. The van der Waals surface area contributed by atoms with Gasteiger partial charge >= 0.3 is 12.1 Å². The van der Waals surface area contributed by atoms with Crippen LogP contribution in [0.2, 0.25) is 0 Å². The molecule has 1 aromatic heterocycles. The maximum atomic E-state index is 13.8. The van der Waals surface area contributed by atoms with Crippen molar-refractivity contribution in [2.45, 2.75) is 65.9 Å². The Morgan fingerprint density at radius 1 is 1.02 bits per heavy atom. The molecule has 0 radical (unpaired) electrons. The number of alkyl halides is 3. The number of carboxylic acids is 1. The summed E-state index contributed by atoms with van der Waals surface area (Å²) in [6.45, 7) is 1.80. The number of benzene rings is 3. The largest absolute Gasteiger partial charge is 0.479 e. The van der Waals surface area contributed by atoms with Crippen molar-refractivity contribution in [3.05, 3.63) is 111 Å². The molecule has 204 valence electrons. The van der Waals surface area contributed by atoms with Gasteiger partial charge in [0.05, 0.1) is 15.3 Å². The summed E-state index contributed by atoms with van der Waals surface area (Å²) >= 11 is 1.37. The van der Waals surface area contributed by atoms with Crippen LogP contribution in [0.15, 0.2) is 82.6 Å². The third-order valence-corrected chi connectivity index (χ3v) is 10.8. The van der Waals surface area contributed by atoms with Crippen LogP contribution in [0.5, 0.6) is 0 Å². The fourth-order valence-corrected chi connectivity index (χ4v) is 8.94. The molecule has 1 aliphatic heterocycles. The van der Waals surface area contributed by atoms with Gasteiger partial charge in [-0.3, -0.25) is 9.36 Å². The van der Waals surface area contributed by atoms with Gasteiger partial charge in [-0.1, -0.05) is 72.4 Å². The summed E-state index contributed by atoms with van der Waals surface area (Å²) in [4.78, 5) is 26.8. The molecule has 4 nitrogen and oxygen atoms in total. The highest BCUT2D eigenvalue weighted by Crippen LogP contribution is 2.71. The number of hydrogen-bond donors (Lipinski definition) is 1. The first-order valence-electron chi connectivity index (χ1n) is 13.4. The summed E-state index contributed by atoms with van der Waals surface area (Å²) in [5.74, 6) is -1.34. The van der Waals surface area contributed by atoms with Crippen LogP contribution in [0.25, 0.3) is 10.8 Å². The second-order valence-corrected chi connectivity index (χ2v) is 12.8. The molecule has 7 rings (SSSR count). The van der Waals surface area contributed by atoms with Crippen LogP contribution < -0.4 is 5.56 Å². The first-order valence-corrected chi connectivity index (χ1v) is 14.2. The average molecular weight is 562 g/mol. The third kappa shape index (κ3) is 3.47. The van der Waals surface area contributed by atoms with Crippen molar-refractivity contribution in [1.82, 2.24) is 4.57 Å². The highest BCUT2D eigenvalue weighted by Gasteiger charge is 2.74. The van der Waals surface area contributed by atoms with Crippen LogP contribution in [0.1, 0.15) is 65.8 Å². The quantitative estimate of drug-likeness (QED) is 0.277. The molecule has 4 aromatic rings. The normalized spacial score (nSPS) is 25.4. The van der Waals surface area contributed by atoms with Crippen molar-refractivity contribution in [2.24, 2.45) is 0 Å². The standard InChI is InChI=1S/C32H26F3NO3S/c1-30-25(21-9-5-10-23(15-21)32(33,34)35)17-31(30,29(38)39)36-26(37)16-22(27(19-12-13-19)28(36)40-30)14-20-8-4-7-18-6-2-3-11-24(18)20/h2-11,15-16,19,25H,12-14,17H2,1H3,(H,38,39)/t25-,30?,31?/m0/s1. The van der Waals surface area contributed by atoms with Gasteiger partial charge in [0.1, 0.15) is 0 Å². The average Bonchev–Trinajstić information content (AvgIpc) is 3.71. The number of hydrogen-bond acceptors (Lipinski definition) is 3. The second kappa shape index (κ2) is 8.49. The number of rotatable bonds is 5. The summed E-state index contributed by atoms with van der Waals surface area (Å²) in [6, 6.07) is 21.0. The van der Waals surface area contributed by atoms with E-state index in [0.29, 0.717) is 17.0 Å². The Morgan fingerprint density at radius 3 is 2.48 bits per heavy atom. The molecule has 0 amide bonds. The lowest BCUT2D eigenvalue weighted by Crippen LogP contribution is -2.67. The number of nitrogens with zero attached hydrogens (tertiary/aromatic N) is 1. The lowest BCUT2D eigenvalue weighted by atomic mass is 9.56. The Labute approximate surface area is 232 Å². The molecular weight excluding hydrogens is 535 g/mol. The Kier molecular flexibility index (Phi) is 5.40. The topological polar surface area (TPSA) is 59.3 Å². The Bertz CT molecular complexity index is 1770. The fraction of sp³-hybridized carbons (Fsp3) is 0.312. The van der Waals surface area contributed by atoms with E-state index in [4.69, 9.17) is 0 Å². The zero-order chi connectivity index (χ0) is 28.0. The molecule has 2 saturated carbocycles. The van der Waals surface area contributed by atoms with Gasteiger partial charge in [-0.15, -0.1) is 0 Å². The smallest absolute Gasteiger partial charge is 0.416 e. The monoisotopic (exact) mass is 561 g/mol. The van der Waals surface area contributed by atoms with E-state index in [2.05, 4.69) is 24.3 Å². The summed E-state index contributed by atoms with van der Waals surface area (Å²) in [6.07, 6.45) is -1.97. The molecule has 2 aliphatic carbocycles. The summed E-state index contributed by atoms with van der Waals surface area (Å²) in [7, 11) is 0. The van der Waals surface area contributed by atoms with E-state index >= 15 is 0 Å². The lowest BCUT2D eigenvalue weighted by Gasteiger charge is -2.56. The van der Waals surface area contributed by atoms with E-state index in [0.717, 1.165) is 52.4 Å². The molecule has 3 aliphatic rings. The number of halogens is 3. The number of carboxylic acid groups (broad SMARTS) is 1. The molecule has 2 heterocycles. The van der Waals surface area contributed by atoms with Gasteiger partial charge in [0.25, 0.3) is 5.56 Å². The fourth-order valence-electron chi connectivity index (χ4n) is 7.00. The molecular formula is C32H26F3NO3S. The van der Waals surface area contributed by atoms with Crippen LogP contribution in [0, 0.1) is 0 Å². The van der Waals surface area contributed by atoms with Crippen LogP contribution in [0.3, 0.4) is 0 Å². The van der Waals surface area contributed by atoms with Crippen LogP contribution in [-0.2, 0) is 22.9 Å². The van der Waals surface area contributed by atoms with Crippen molar-refractivity contribution < 1.29 is 23.1 Å². The highest BCUT2D eigenvalue weighted by molar-refractivity contribution is 8.01. The molecule has 3 atom stereocenters. The third-order valence-electron chi connectivity index (χ3n) is 9.19. The molecule has 3 aromatic carbocycles. The second-order valence-electron chi connectivity index (χ2n) is 11.4. The predicted molar refractivity (Wildman–Crippen MR) is 148 cm³/mol. The van der Waals surface area contributed by atoms with E-state index < -0.39 is 33.9 Å². The van der Waals surface area contributed by atoms with Crippen molar-refractivity contribution in [1.29, 1.82) is 0 Å². The van der Waals surface area contributed by atoms with Crippen molar-refractivity contribution in [2.75, 3.05) is 0 Å². The molecule has 0 spiro atoms. The number of carbonyl (C=O) groups is 1. The van der Waals surface area contributed by atoms with E-state index in [-0.39, 0.29) is 17.9 Å². The molecule has 0 saturated heterocycles. The number of aromatic nitrogens is 1. The molecule has 40 heavy (non-hydrogen) atoms. The minimum absolute atomic E-state index is 0.0623. The van der Waals surface area contributed by atoms with E-state index in [9.17, 15) is 27.9 Å². The number of fused-ring (bicyclic) bond motifs is 4. The first-order chi connectivity index (χ1) is 19.0. The van der Waals surface area contributed by atoms with Crippen LogP contribution in [-0.4, -0.2) is 20.4 Å². The highest BCUT2D eigenvalue weighted by atomic mass is 32.2. The zero-order valence-corrected chi connectivity index (χ0v) is 22.5. The Hall–Kier alpha value is -3.52. The zero-order valence-electron chi connectivity index (χ0n) is 21.7. The predicted octanol–water partition coefficient (Wildman–Crippen LogP) is 7.32. The summed E-state index contributed by atoms with van der Waals surface area (Å²) in [5, 5.41) is 13.5. The number of pyridine rings is 1. The number of aliphatic carboxylic acids is 1. The Morgan fingerprint density at radius 2 is 1.75 bits per heavy atom. The minimum Gasteiger partial charge on any atom is -0.479 e. The van der Waals surface area contributed by atoms with Gasteiger partial charge in [-0.05, 0) is 77.6 Å². The van der Waals surface area contributed by atoms with Crippen LogP contribution >= 0.6 is 11.8 Å². The van der Waals surface area contributed by atoms with Gasteiger partial charge in [-0.25, -0.2) is 4.79 Å². The van der Waals surface area contributed by atoms with Crippen LogP contribution in [0.4, 0.5) is 13.2 Å². The maximum Gasteiger partial charge on any atom is 0.416 e. The van der Waals surface area contributed by atoms with Gasteiger partial charge in [0.15, 0.2) is 5.54 Å². The van der Waals surface area contributed by atoms with Crippen molar-refractivity contribution in [3.63, 3.8) is 0 Å². The van der Waals surface area contributed by atoms with Gasteiger partial charge in [-0.2, -0.15) is 13.2 Å². The summed E-state index contributed by atoms with van der Waals surface area (Å²) < 4.78 is 41.0. The molecule has 8 heteroatoms. The lowest BCUT2D eigenvalue weighted by molar-refractivity contribution is -0.157. The number of thioether (sulfide) groups is 1. The molecule has 2 unspecified atom stereocenters. The van der Waals surface area contributed by atoms with E-state index in [1.165, 1.54) is 22.4 Å². The molecule has 1 N–H and O–H groups in total. The van der Waals surface area contributed by atoms with Gasteiger partial charge in [0, 0.05) is 12.0 Å². The van der Waals surface area contributed by atoms with E-state index in [1.807, 2.05) is 18.2 Å². The summed E-state index contributed by atoms with van der Waals surface area (Å²) in [5.41, 5.74) is 0.832. The van der Waals surface area contributed by atoms with Crippen molar-refractivity contribution in [3.8, 4) is 0 Å². The van der Waals surface area contributed by atoms with Gasteiger partial charge < -0.3 is 5.11 Å². The first kappa shape index (κ1) is 25.4. The molecule has 2 fully saturated rings. The van der Waals surface area contributed by atoms with E-state index in [1.54, 1.807) is 19.1 Å². The SMILES string of the molecule is CC12Sc3c(C4CC4)c(Cc4cccc5ccccc45)cc(=O)n3C1(C(=O)O)C[C@H]2c1cccc(C(F)(F)F)c1. The van der Waals surface area contributed by atoms with Gasteiger partial charge in [0.2, 0.25) is 0 Å². The molecule has 0 bridgehead atoms. The maximum absolute atomic E-state index is 13.8. The Balaban J connectivity index is 1.37.